The number of nitrogens with zero attached hydrogens (tertiary/aromatic N) is 5. The number of rotatable bonds is 4. The van der Waals surface area contributed by atoms with Crippen molar-refractivity contribution in [1.29, 1.82) is 0 Å². The van der Waals surface area contributed by atoms with Crippen LogP contribution in [0.1, 0.15) is 27.7 Å². The molecule has 3 amide bonds. The van der Waals surface area contributed by atoms with E-state index in [1.165, 1.54) is 0 Å². The maximum Gasteiger partial charge on any atom is 0.321 e. The van der Waals surface area contributed by atoms with Crippen LogP contribution in [0.15, 0.2) is 30.6 Å². The van der Waals surface area contributed by atoms with Gasteiger partial charge < -0.3 is 20.1 Å². The van der Waals surface area contributed by atoms with E-state index in [-0.39, 0.29) is 11.9 Å². The molecule has 0 atom stereocenters. The second-order valence-corrected chi connectivity index (χ2v) is 7.02. The van der Waals surface area contributed by atoms with Crippen LogP contribution in [0.5, 0.6) is 0 Å². The maximum atomic E-state index is 11.9. The number of amides is 3. The minimum Gasteiger partial charge on any atom is -0.368 e. The zero-order valence-electron chi connectivity index (χ0n) is 19.0. The normalized spacial score (nSPS) is 13.4. The van der Waals surface area contributed by atoms with Gasteiger partial charge in [0.05, 0.1) is 5.52 Å². The molecule has 10 nitrogen and oxygen atoms in total. The fraction of sp³-hybridized carbons (Fsp3) is 0.409. The lowest BCUT2D eigenvalue weighted by atomic mass is 10.1. The molecular formula is C22H30N8O2. The van der Waals surface area contributed by atoms with Crippen molar-refractivity contribution < 1.29 is 9.59 Å². The molecule has 1 aromatic carbocycles. The number of carbonyl (C=O) groups excluding carboxylic acids is 2. The monoisotopic (exact) mass is 438 g/mol. The molecule has 3 N–H and O–H groups in total. The summed E-state index contributed by atoms with van der Waals surface area (Å²) in [6.45, 7) is 10.8. The Morgan fingerprint density at radius 2 is 1.78 bits per heavy atom. The molecule has 3 heterocycles. The summed E-state index contributed by atoms with van der Waals surface area (Å²) in [4.78, 5) is 44.1. The van der Waals surface area contributed by atoms with Gasteiger partial charge in [0.2, 0.25) is 11.9 Å². The van der Waals surface area contributed by atoms with Gasteiger partial charge in [0, 0.05) is 63.3 Å². The Morgan fingerprint density at radius 3 is 2.41 bits per heavy atom. The molecule has 1 aliphatic heterocycles. The van der Waals surface area contributed by atoms with Crippen LogP contribution in [0, 0.1) is 0 Å². The lowest BCUT2D eigenvalue weighted by molar-refractivity contribution is -0.129. The van der Waals surface area contributed by atoms with Gasteiger partial charge in [-0.3, -0.25) is 10.1 Å². The van der Waals surface area contributed by atoms with Crippen LogP contribution in [-0.4, -0.2) is 69.5 Å². The fourth-order valence-electron chi connectivity index (χ4n) is 3.54. The van der Waals surface area contributed by atoms with Crippen LogP contribution >= 0.6 is 0 Å². The highest BCUT2D eigenvalue weighted by molar-refractivity contribution is 5.96. The molecule has 0 aliphatic carbocycles. The van der Waals surface area contributed by atoms with Crippen molar-refractivity contribution in [3.8, 4) is 11.4 Å². The van der Waals surface area contributed by atoms with Crippen LogP contribution < -0.4 is 15.5 Å². The standard InChI is InChI=1S/C20H24N8O2.C2H6/c1-3-21-20(30)26-19-24-16-12-14(28-9-7-27(8-10-28)13(2)29)11-15(17(16)25-19)18-22-5-4-6-23-18;1-2/h4-6,11-12H,3,7-10H2,1-2H3,(H3,21,24,25,26,30);1-2H3. The minimum absolute atomic E-state index is 0.0955. The van der Waals surface area contributed by atoms with Gasteiger partial charge in [-0.15, -0.1) is 0 Å². The number of benzene rings is 1. The van der Waals surface area contributed by atoms with Crippen molar-refractivity contribution in [2.75, 3.05) is 42.9 Å². The third-order valence-corrected chi connectivity index (χ3v) is 5.04. The number of piperazine rings is 1. The average Bonchev–Trinajstić information content (AvgIpc) is 3.22. The first-order chi connectivity index (χ1) is 15.5. The molecule has 10 heteroatoms. The highest BCUT2D eigenvalue weighted by atomic mass is 16.2. The predicted molar refractivity (Wildman–Crippen MR) is 126 cm³/mol. The molecule has 1 aliphatic rings. The van der Waals surface area contributed by atoms with Gasteiger partial charge in [-0.2, -0.15) is 0 Å². The number of fused-ring (bicyclic) bond motifs is 1. The van der Waals surface area contributed by atoms with Gasteiger partial charge >= 0.3 is 6.03 Å². The quantitative estimate of drug-likeness (QED) is 0.576. The lowest BCUT2D eigenvalue weighted by Gasteiger charge is -2.35. The first kappa shape index (κ1) is 23.0. The van der Waals surface area contributed by atoms with Crippen molar-refractivity contribution in [1.82, 2.24) is 30.2 Å². The van der Waals surface area contributed by atoms with E-state index in [1.807, 2.05) is 37.8 Å². The molecule has 0 bridgehead atoms. The summed E-state index contributed by atoms with van der Waals surface area (Å²) in [6, 6.07) is 5.45. The Morgan fingerprint density at radius 1 is 1.09 bits per heavy atom. The summed E-state index contributed by atoms with van der Waals surface area (Å²) in [5.41, 5.74) is 3.22. The molecule has 4 rings (SSSR count). The number of carbonyl (C=O) groups is 2. The summed E-state index contributed by atoms with van der Waals surface area (Å²) in [6.07, 6.45) is 3.37. The first-order valence-corrected chi connectivity index (χ1v) is 10.9. The highest BCUT2D eigenvalue weighted by Gasteiger charge is 2.21. The molecule has 0 radical (unpaired) electrons. The molecule has 3 aromatic rings. The van der Waals surface area contributed by atoms with E-state index in [0.717, 1.165) is 29.9 Å². The number of H-pyrrole nitrogens is 1. The van der Waals surface area contributed by atoms with Crippen LogP contribution in [0.25, 0.3) is 22.4 Å². The minimum atomic E-state index is -0.324. The van der Waals surface area contributed by atoms with Crippen molar-refractivity contribution >= 4 is 34.6 Å². The van der Waals surface area contributed by atoms with E-state index < -0.39 is 0 Å². The van der Waals surface area contributed by atoms with Crippen molar-refractivity contribution in [2.45, 2.75) is 27.7 Å². The second kappa shape index (κ2) is 10.6. The fourth-order valence-corrected chi connectivity index (χ4v) is 3.54. The third kappa shape index (κ3) is 5.13. The smallest absolute Gasteiger partial charge is 0.321 e. The zero-order valence-corrected chi connectivity index (χ0v) is 19.0. The van der Waals surface area contributed by atoms with E-state index >= 15 is 0 Å². The summed E-state index contributed by atoms with van der Waals surface area (Å²) >= 11 is 0. The number of aromatic amines is 1. The predicted octanol–water partition coefficient (Wildman–Crippen LogP) is 2.86. The van der Waals surface area contributed by atoms with Crippen molar-refractivity contribution in [2.24, 2.45) is 0 Å². The van der Waals surface area contributed by atoms with E-state index in [9.17, 15) is 9.59 Å². The van der Waals surface area contributed by atoms with E-state index in [2.05, 4.69) is 35.5 Å². The highest BCUT2D eigenvalue weighted by Crippen LogP contribution is 2.32. The Bertz CT molecular complexity index is 1060. The number of hydrogen-bond donors (Lipinski definition) is 3. The SMILES string of the molecule is CC.CCNC(=O)Nc1nc2c(-c3ncccn3)cc(N3CCN(C(C)=O)CC3)cc2[nH]1. The van der Waals surface area contributed by atoms with Gasteiger partial charge in [0.15, 0.2) is 5.82 Å². The summed E-state index contributed by atoms with van der Waals surface area (Å²) in [5.74, 6) is 1.01. The Labute approximate surface area is 187 Å². The Kier molecular flexibility index (Phi) is 7.58. The number of hydrogen-bond acceptors (Lipinski definition) is 6. The average molecular weight is 439 g/mol. The Hall–Kier alpha value is -3.69. The lowest BCUT2D eigenvalue weighted by Crippen LogP contribution is -2.48. The topological polar surface area (TPSA) is 119 Å². The van der Waals surface area contributed by atoms with Crippen LogP contribution in [0.3, 0.4) is 0 Å². The van der Waals surface area contributed by atoms with Gasteiger partial charge in [-0.25, -0.2) is 19.7 Å². The molecule has 2 aromatic heterocycles. The molecular weight excluding hydrogens is 408 g/mol. The zero-order chi connectivity index (χ0) is 23.1. The van der Waals surface area contributed by atoms with Crippen LogP contribution in [-0.2, 0) is 4.79 Å². The molecule has 32 heavy (non-hydrogen) atoms. The van der Waals surface area contributed by atoms with E-state index in [1.54, 1.807) is 25.4 Å². The molecule has 170 valence electrons. The molecule has 0 saturated carbocycles. The third-order valence-electron chi connectivity index (χ3n) is 5.04. The second-order valence-electron chi connectivity index (χ2n) is 7.02. The first-order valence-electron chi connectivity index (χ1n) is 10.9. The van der Waals surface area contributed by atoms with E-state index in [0.29, 0.717) is 36.9 Å². The largest absolute Gasteiger partial charge is 0.368 e. The molecule has 1 saturated heterocycles. The number of anilines is 2. The molecule has 1 fully saturated rings. The maximum absolute atomic E-state index is 11.9. The van der Waals surface area contributed by atoms with Crippen LogP contribution in [0.2, 0.25) is 0 Å². The number of urea groups is 1. The van der Waals surface area contributed by atoms with Crippen LogP contribution in [0.4, 0.5) is 16.4 Å². The summed E-state index contributed by atoms with van der Waals surface area (Å²) < 4.78 is 0. The van der Waals surface area contributed by atoms with Gasteiger partial charge in [-0.1, -0.05) is 13.8 Å². The molecule has 0 spiro atoms. The summed E-state index contributed by atoms with van der Waals surface area (Å²) in [7, 11) is 0. The van der Waals surface area contributed by atoms with Crippen molar-refractivity contribution in [3.63, 3.8) is 0 Å². The number of aromatic nitrogens is 4. The summed E-state index contributed by atoms with van der Waals surface area (Å²) in [5, 5.41) is 5.40. The van der Waals surface area contributed by atoms with Crippen molar-refractivity contribution in [3.05, 3.63) is 30.6 Å². The number of imidazole rings is 1. The van der Waals surface area contributed by atoms with E-state index in [4.69, 9.17) is 0 Å². The van der Waals surface area contributed by atoms with Gasteiger partial charge in [-0.05, 0) is 25.1 Å². The van der Waals surface area contributed by atoms with Gasteiger partial charge in [0.25, 0.3) is 0 Å². The number of nitrogens with one attached hydrogen (secondary N) is 3. The molecule has 0 unspecified atom stereocenters. The Balaban J connectivity index is 0.00000141. The van der Waals surface area contributed by atoms with Gasteiger partial charge in [0.1, 0.15) is 5.52 Å².